The van der Waals surface area contributed by atoms with E-state index >= 15 is 0 Å². The standard InChI is InChI=1S/C11H15NO3S2/c1-12(6-3-4-9(13)14)11(15)10-8(16-2)5-7-17-10/h5,7H,3-4,6H2,1-2H3,(H,13,14). The Balaban J connectivity index is 2.54. The Labute approximate surface area is 109 Å². The van der Waals surface area contributed by atoms with Crippen molar-refractivity contribution < 1.29 is 14.7 Å². The van der Waals surface area contributed by atoms with Crippen LogP contribution in [0.2, 0.25) is 0 Å². The molecule has 0 aliphatic carbocycles. The van der Waals surface area contributed by atoms with Gasteiger partial charge in [-0.05, 0) is 24.1 Å². The highest BCUT2D eigenvalue weighted by atomic mass is 32.2. The zero-order valence-electron chi connectivity index (χ0n) is 9.80. The largest absolute Gasteiger partial charge is 0.481 e. The van der Waals surface area contributed by atoms with Crippen molar-refractivity contribution in [3.05, 3.63) is 16.3 Å². The highest BCUT2D eigenvalue weighted by Crippen LogP contribution is 2.26. The first-order valence-electron chi connectivity index (χ1n) is 5.15. The molecule has 0 radical (unpaired) electrons. The first-order chi connectivity index (χ1) is 8.06. The van der Waals surface area contributed by atoms with Crippen LogP contribution in [0.25, 0.3) is 0 Å². The average molecular weight is 273 g/mol. The van der Waals surface area contributed by atoms with Crippen LogP contribution in [-0.2, 0) is 4.79 Å². The van der Waals surface area contributed by atoms with Crippen molar-refractivity contribution in [2.45, 2.75) is 17.7 Å². The molecular weight excluding hydrogens is 258 g/mol. The summed E-state index contributed by atoms with van der Waals surface area (Å²) in [6.07, 6.45) is 2.51. The molecule has 0 saturated heterocycles. The molecule has 0 saturated carbocycles. The van der Waals surface area contributed by atoms with Crippen molar-refractivity contribution in [1.29, 1.82) is 0 Å². The quantitative estimate of drug-likeness (QED) is 0.809. The number of hydrogen-bond donors (Lipinski definition) is 1. The van der Waals surface area contributed by atoms with Crippen LogP contribution in [-0.4, -0.2) is 41.7 Å². The van der Waals surface area contributed by atoms with E-state index in [0.29, 0.717) is 13.0 Å². The van der Waals surface area contributed by atoms with Gasteiger partial charge in [0.15, 0.2) is 0 Å². The monoisotopic (exact) mass is 273 g/mol. The maximum absolute atomic E-state index is 12.0. The minimum atomic E-state index is -0.827. The van der Waals surface area contributed by atoms with E-state index in [-0.39, 0.29) is 12.3 Å². The van der Waals surface area contributed by atoms with Gasteiger partial charge in [0.2, 0.25) is 0 Å². The average Bonchev–Trinajstić information content (AvgIpc) is 2.75. The highest BCUT2D eigenvalue weighted by Gasteiger charge is 2.16. The van der Waals surface area contributed by atoms with E-state index < -0.39 is 5.97 Å². The molecule has 0 spiro atoms. The highest BCUT2D eigenvalue weighted by molar-refractivity contribution is 7.98. The predicted molar refractivity (Wildman–Crippen MR) is 69.9 cm³/mol. The first-order valence-corrected chi connectivity index (χ1v) is 7.25. The summed E-state index contributed by atoms with van der Waals surface area (Å²) < 4.78 is 0. The van der Waals surface area contributed by atoms with Crippen molar-refractivity contribution in [3.8, 4) is 0 Å². The summed E-state index contributed by atoms with van der Waals surface area (Å²) in [5.74, 6) is -0.860. The minimum absolute atomic E-state index is 0.0326. The van der Waals surface area contributed by atoms with Gasteiger partial charge < -0.3 is 10.0 Å². The van der Waals surface area contributed by atoms with Gasteiger partial charge in [0.05, 0.1) is 0 Å². The van der Waals surface area contributed by atoms with Crippen molar-refractivity contribution in [2.75, 3.05) is 19.8 Å². The van der Waals surface area contributed by atoms with Gasteiger partial charge >= 0.3 is 5.97 Å². The third kappa shape index (κ3) is 4.05. The summed E-state index contributed by atoms with van der Waals surface area (Å²) in [5.41, 5.74) is 0. The molecule has 94 valence electrons. The Kier molecular flexibility index (Phi) is 5.50. The zero-order valence-corrected chi connectivity index (χ0v) is 11.4. The summed E-state index contributed by atoms with van der Waals surface area (Å²) in [5, 5.41) is 10.4. The second-order valence-corrected chi connectivity index (χ2v) is 5.31. The zero-order chi connectivity index (χ0) is 12.8. The van der Waals surface area contributed by atoms with E-state index in [4.69, 9.17) is 5.11 Å². The molecule has 1 aromatic heterocycles. The van der Waals surface area contributed by atoms with Gasteiger partial charge in [-0.15, -0.1) is 23.1 Å². The normalized spacial score (nSPS) is 10.2. The second-order valence-electron chi connectivity index (χ2n) is 3.54. The summed E-state index contributed by atoms with van der Waals surface area (Å²) in [4.78, 5) is 25.7. The number of carbonyl (C=O) groups excluding carboxylic acids is 1. The molecule has 6 heteroatoms. The molecule has 1 amide bonds. The van der Waals surface area contributed by atoms with E-state index in [9.17, 15) is 9.59 Å². The molecule has 1 N–H and O–H groups in total. The van der Waals surface area contributed by atoms with E-state index in [1.54, 1.807) is 23.7 Å². The molecule has 1 aromatic rings. The van der Waals surface area contributed by atoms with Gasteiger partial charge in [-0.25, -0.2) is 0 Å². The summed E-state index contributed by atoms with van der Waals surface area (Å²) >= 11 is 2.97. The van der Waals surface area contributed by atoms with E-state index in [1.807, 2.05) is 17.7 Å². The Hall–Kier alpha value is -1.01. The SMILES string of the molecule is CSc1ccsc1C(=O)N(C)CCCC(=O)O. The Bertz CT molecular complexity index is 403. The summed E-state index contributed by atoms with van der Waals surface area (Å²) in [6.45, 7) is 0.469. The van der Waals surface area contributed by atoms with Crippen molar-refractivity contribution in [1.82, 2.24) is 4.90 Å². The van der Waals surface area contributed by atoms with Crippen LogP contribution in [0.4, 0.5) is 0 Å². The van der Waals surface area contributed by atoms with Crippen LogP contribution in [0.15, 0.2) is 16.3 Å². The van der Waals surface area contributed by atoms with E-state index in [2.05, 4.69) is 0 Å². The van der Waals surface area contributed by atoms with Crippen LogP contribution in [0, 0.1) is 0 Å². The van der Waals surface area contributed by atoms with Crippen LogP contribution in [0.5, 0.6) is 0 Å². The molecule has 0 fully saturated rings. The fourth-order valence-electron chi connectivity index (χ4n) is 1.36. The molecule has 0 atom stereocenters. The Morgan fingerprint density at radius 3 is 2.82 bits per heavy atom. The molecule has 0 aromatic carbocycles. The second kappa shape index (κ2) is 6.66. The van der Waals surface area contributed by atoms with Gasteiger partial charge in [-0.1, -0.05) is 0 Å². The molecule has 0 unspecified atom stereocenters. The van der Waals surface area contributed by atoms with Gasteiger partial charge in [-0.2, -0.15) is 0 Å². The molecule has 0 aliphatic heterocycles. The number of amides is 1. The lowest BCUT2D eigenvalue weighted by atomic mass is 10.3. The van der Waals surface area contributed by atoms with Gasteiger partial charge in [0.1, 0.15) is 4.88 Å². The molecule has 0 aliphatic rings. The van der Waals surface area contributed by atoms with E-state index in [0.717, 1.165) is 9.77 Å². The number of thioether (sulfide) groups is 1. The fourth-order valence-corrected chi connectivity index (χ4v) is 3.09. The third-order valence-electron chi connectivity index (χ3n) is 2.27. The number of carbonyl (C=O) groups is 2. The topological polar surface area (TPSA) is 57.6 Å². The predicted octanol–water partition coefficient (Wildman–Crippen LogP) is 2.41. The maximum atomic E-state index is 12.0. The summed E-state index contributed by atoms with van der Waals surface area (Å²) in [6, 6.07) is 1.92. The van der Waals surface area contributed by atoms with Crippen LogP contribution < -0.4 is 0 Å². The molecular formula is C11H15NO3S2. The molecule has 1 rings (SSSR count). The lowest BCUT2D eigenvalue weighted by molar-refractivity contribution is -0.137. The van der Waals surface area contributed by atoms with E-state index in [1.165, 1.54) is 11.3 Å². The van der Waals surface area contributed by atoms with Crippen molar-refractivity contribution in [2.24, 2.45) is 0 Å². The van der Waals surface area contributed by atoms with Gasteiger partial charge in [0, 0.05) is 24.9 Å². The fraction of sp³-hybridized carbons (Fsp3) is 0.455. The third-order valence-corrected chi connectivity index (χ3v) is 4.09. The van der Waals surface area contributed by atoms with Crippen LogP contribution in [0.1, 0.15) is 22.5 Å². The lowest BCUT2D eigenvalue weighted by Gasteiger charge is -2.16. The molecule has 0 bridgehead atoms. The van der Waals surface area contributed by atoms with Crippen LogP contribution in [0.3, 0.4) is 0 Å². The Morgan fingerprint density at radius 1 is 1.53 bits per heavy atom. The van der Waals surface area contributed by atoms with Crippen LogP contribution >= 0.6 is 23.1 Å². The number of hydrogen-bond acceptors (Lipinski definition) is 4. The Morgan fingerprint density at radius 2 is 2.24 bits per heavy atom. The van der Waals surface area contributed by atoms with Gasteiger partial charge in [-0.3, -0.25) is 9.59 Å². The van der Waals surface area contributed by atoms with Gasteiger partial charge in [0.25, 0.3) is 5.91 Å². The molecule has 4 nitrogen and oxygen atoms in total. The number of nitrogens with zero attached hydrogens (tertiary/aromatic N) is 1. The number of carboxylic acids is 1. The first kappa shape index (κ1) is 14.1. The smallest absolute Gasteiger partial charge is 0.303 e. The number of rotatable bonds is 6. The summed E-state index contributed by atoms with van der Waals surface area (Å²) in [7, 11) is 1.70. The molecule has 1 heterocycles. The van der Waals surface area contributed by atoms with Crippen molar-refractivity contribution >= 4 is 35.0 Å². The number of aliphatic carboxylic acids is 1. The number of carboxylic acid groups (broad SMARTS) is 1. The van der Waals surface area contributed by atoms with Crippen molar-refractivity contribution in [3.63, 3.8) is 0 Å². The maximum Gasteiger partial charge on any atom is 0.303 e. The lowest BCUT2D eigenvalue weighted by Crippen LogP contribution is -2.27. The minimum Gasteiger partial charge on any atom is -0.481 e. The molecule has 17 heavy (non-hydrogen) atoms. The number of thiophene rings is 1.